The Bertz CT molecular complexity index is 874. The van der Waals surface area contributed by atoms with Gasteiger partial charge >= 0.3 is 0 Å². The lowest BCUT2D eigenvalue weighted by atomic mass is 10.1. The summed E-state index contributed by atoms with van der Waals surface area (Å²) in [4.78, 5) is 12.1. The van der Waals surface area contributed by atoms with Gasteiger partial charge < -0.3 is 4.42 Å². The highest BCUT2D eigenvalue weighted by Crippen LogP contribution is 2.21. The average molecular weight is 297 g/mol. The summed E-state index contributed by atoms with van der Waals surface area (Å²) in [7, 11) is 0. The van der Waals surface area contributed by atoms with Crippen LogP contribution in [0.3, 0.4) is 0 Å². The van der Waals surface area contributed by atoms with Gasteiger partial charge in [-0.05, 0) is 48.4 Å². The van der Waals surface area contributed by atoms with Gasteiger partial charge in [-0.1, -0.05) is 35.9 Å². The van der Waals surface area contributed by atoms with E-state index in [1.807, 2.05) is 49.4 Å². The molecule has 0 fully saturated rings. The highest BCUT2D eigenvalue weighted by atomic mass is 35.5. The second-order valence-electron chi connectivity index (χ2n) is 4.85. The minimum absolute atomic E-state index is 0.0318. The lowest BCUT2D eigenvalue weighted by molar-refractivity contribution is 0.586. The number of hydrogen-bond acceptors (Lipinski definition) is 2. The van der Waals surface area contributed by atoms with E-state index in [-0.39, 0.29) is 5.43 Å². The standard InChI is InChI=1S/C18H13ClO2/c1-12(10-13-6-8-14(19)9-7-13)18-11-16(20)15-4-2-3-5-17(15)21-18/h2-11H,1H3/b12-10+. The van der Waals surface area contributed by atoms with Gasteiger partial charge in [0.25, 0.3) is 0 Å². The fourth-order valence-electron chi connectivity index (χ4n) is 2.18. The van der Waals surface area contributed by atoms with E-state index in [1.165, 1.54) is 6.07 Å². The molecule has 0 atom stereocenters. The Morgan fingerprint density at radius 1 is 1.10 bits per heavy atom. The maximum atomic E-state index is 12.1. The number of benzene rings is 2. The molecule has 0 spiro atoms. The van der Waals surface area contributed by atoms with Crippen LogP contribution in [0.2, 0.25) is 5.02 Å². The van der Waals surface area contributed by atoms with Gasteiger partial charge in [0.1, 0.15) is 11.3 Å². The molecule has 0 unspecified atom stereocenters. The summed E-state index contributed by atoms with van der Waals surface area (Å²) in [6.07, 6.45) is 1.96. The molecule has 104 valence electrons. The van der Waals surface area contributed by atoms with Crippen LogP contribution < -0.4 is 5.43 Å². The molecule has 0 radical (unpaired) electrons. The van der Waals surface area contributed by atoms with Crippen molar-refractivity contribution in [1.82, 2.24) is 0 Å². The van der Waals surface area contributed by atoms with Gasteiger partial charge in [-0.25, -0.2) is 0 Å². The van der Waals surface area contributed by atoms with Crippen LogP contribution in [0.4, 0.5) is 0 Å². The topological polar surface area (TPSA) is 30.2 Å². The maximum Gasteiger partial charge on any atom is 0.193 e. The van der Waals surface area contributed by atoms with Crippen molar-refractivity contribution in [2.45, 2.75) is 6.92 Å². The van der Waals surface area contributed by atoms with E-state index in [2.05, 4.69) is 0 Å². The lowest BCUT2D eigenvalue weighted by Crippen LogP contribution is -2.00. The zero-order valence-corrected chi connectivity index (χ0v) is 12.2. The van der Waals surface area contributed by atoms with Crippen molar-refractivity contribution in [3.63, 3.8) is 0 Å². The van der Waals surface area contributed by atoms with E-state index >= 15 is 0 Å². The molecule has 3 aromatic rings. The third kappa shape index (κ3) is 2.91. The van der Waals surface area contributed by atoms with Crippen LogP contribution in [-0.2, 0) is 0 Å². The lowest BCUT2D eigenvalue weighted by Gasteiger charge is -2.03. The molecule has 0 aliphatic heterocycles. The first kappa shape index (κ1) is 13.7. The second-order valence-corrected chi connectivity index (χ2v) is 5.29. The maximum absolute atomic E-state index is 12.1. The zero-order valence-electron chi connectivity index (χ0n) is 11.5. The first-order chi connectivity index (χ1) is 10.1. The van der Waals surface area contributed by atoms with Crippen molar-refractivity contribution in [1.29, 1.82) is 0 Å². The van der Waals surface area contributed by atoms with E-state index in [0.717, 1.165) is 11.1 Å². The van der Waals surface area contributed by atoms with Crippen LogP contribution in [0.5, 0.6) is 0 Å². The number of para-hydroxylation sites is 1. The Balaban J connectivity index is 2.07. The van der Waals surface area contributed by atoms with Crippen molar-refractivity contribution in [2.75, 3.05) is 0 Å². The molecule has 0 amide bonds. The predicted molar refractivity (Wildman–Crippen MR) is 87.5 cm³/mol. The molecule has 1 heterocycles. The molecule has 2 aromatic carbocycles. The minimum atomic E-state index is -0.0318. The number of allylic oxidation sites excluding steroid dienone is 1. The largest absolute Gasteiger partial charge is 0.456 e. The van der Waals surface area contributed by atoms with Gasteiger partial charge in [-0.3, -0.25) is 4.79 Å². The Morgan fingerprint density at radius 2 is 1.81 bits per heavy atom. The van der Waals surface area contributed by atoms with Crippen molar-refractivity contribution < 1.29 is 4.42 Å². The Kier molecular flexibility index (Phi) is 3.63. The van der Waals surface area contributed by atoms with E-state index in [0.29, 0.717) is 21.8 Å². The fourth-order valence-corrected chi connectivity index (χ4v) is 2.30. The first-order valence-corrected chi connectivity index (χ1v) is 6.98. The zero-order chi connectivity index (χ0) is 14.8. The van der Waals surface area contributed by atoms with Crippen LogP contribution in [0.1, 0.15) is 18.2 Å². The molecule has 3 rings (SSSR count). The monoisotopic (exact) mass is 296 g/mol. The van der Waals surface area contributed by atoms with Gasteiger partial charge in [0.2, 0.25) is 0 Å². The predicted octanol–water partition coefficient (Wildman–Crippen LogP) is 5.01. The normalized spacial score (nSPS) is 11.8. The third-order valence-electron chi connectivity index (χ3n) is 3.28. The molecule has 0 N–H and O–H groups in total. The highest BCUT2D eigenvalue weighted by molar-refractivity contribution is 6.30. The molecule has 0 saturated heterocycles. The molecule has 21 heavy (non-hydrogen) atoms. The van der Waals surface area contributed by atoms with Crippen molar-refractivity contribution >= 4 is 34.2 Å². The number of hydrogen-bond donors (Lipinski definition) is 0. The molecule has 0 aliphatic carbocycles. The van der Waals surface area contributed by atoms with E-state index < -0.39 is 0 Å². The molecule has 2 nitrogen and oxygen atoms in total. The Hall–Kier alpha value is -2.32. The quantitative estimate of drug-likeness (QED) is 0.665. The highest BCUT2D eigenvalue weighted by Gasteiger charge is 2.05. The number of rotatable bonds is 2. The van der Waals surface area contributed by atoms with Crippen molar-refractivity contribution in [3.8, 4) is 0 Å². The molecule has 3 heteroatoms. The minimum Gasteiger partial charge on any atom is -0.456 e. The van der Waals surface area contributed by atoms with Crippen LogP contribution in [0, 0.1) is 0 Å². The summed E-state index contributed by atoms with van der Waals surface area (Å²) in [6, 6.07) is 16.3. The van der Waals surface area contributed by atoms with Crippen molar-refractivity contribution in [3.05, 3.63) is 81.2 Å². The van der Waals surface area contributed by atoms with Gasteiger partial charge in [0.05, 0.1) is 5.39 Å². The summed E-state index contributed by atoms with van der Waals surface area (Å²) in [5.74, 6) is 0.577. The summed E-state index contributed by atoms with van der Waals surface area (Å²) in [5, 5.41) is 1.29. The summed E-state index contributed by atoms with van der Waals surface area (Å²) in [5.41, 5.74) is 2.47. The molecule has 1 aromatic heterocycles. The Labute approximate surface area is 127 Å². The molecule has 0 aliphatic rings. The van der Waals surface area contributed by atoms with Gasteiger partial charge in [0, 0.05) is 11.1 Å². The van der Waals surface area contributed by atoms with Crippen LogP contribution in [0.15, 0.2) is 63.8 Å². The average Bonchev–Trinajstić information content (AvgIpc) is 2.49. The van der Waals surface area contributed by atoms with Gasteiger partial charge in [-0.2, -0.15) is 0 Å². The number of halogens is 1. The molecular weight excluding hydrogens is 284 g/mol. The molecule has 0 saturated carbocycles. The molecular formula is C18H13ClO2. The van der Waals surface area contributed by atoms with E-state index in [4.69, 9.17) is 16.0 Å². The summed E-state index contributed by atoms with van der Waals surface area (Å²) < 4.78 is 5.81. The summed E-state index contributed by atoms with van der Waals surface area (Å²) in [6.45, 7) is 1.92. The molecule has 0 bridgehead atoms. The van der Waals surface area contributed by atoms with Crippen LogP contribution in [-0.4, -0.2) is 0 Å². The Morgan fingerprint density at radius 3 is 2.57 bits per heavy atom. The van der Waals surface area contributed by atoms with Crippen LogP contribution >= 0.6 is 11.6 Å². The van der Waals surface area contributed by atoms with E-state index in [1.54, 1.807) is 12.1 Å². The SMILES string of the molecule is C/C(=C\c1ccc(Cl)cc1)c1cc(=O)c2ccccc2o1. The van der Waals surface area contributed by atoms with Crippen LogP contribution in [0.25, 0.3) is 22.6 Å². The van der Waals surface area contributed by atoms with Crippen molar-refractivity contribution in [2.24, 2.45) is 0 Å². The van der Waals surface area contributed by atoms with Gasteiger partial charge in [-0.15, -0.1) is 0 Å². The second kappa shape index (κ2) is 5.58. The smallest absolute Gasteiger partial charge is 0.193 e. The fraction of sp³-hybridized carbons (Fsp3) is 0.0556. The van der Waals surface area contributed by atoms with Gasteiger partial charge in [0.15, 0.2) is 5.43 Å². The van der Waals surface area contributed by atoms with E-state index in [9.17, 15) is 4.79 Å². The third-order valence-corrected chi connectivity index (χ3v) is 3.53. The summed E-state index contributed by atoms with van der Waals surface area (Å²) >= 11 is 5.87. The first-order valence-electron chi connectivity index (χ1n) is 6.60. The number of fused-ring (bicyclic) bond motifs is 1.